The van der Waals surface area contributed by atoms with Gasteiger partial charge in [-0.3, -0.25) is 9.69 Å². The molecule has 1 fully saturated rings. The zero-order chi connectivity index (χ0) is 25.2. The second-order valence-corrected chi connectivity index (χ2v) is 9.09. The van der Waals surface area contributed by atoms with Crippen LogP contribution in [0.2, 0.25) is 0 Å². The van der Waals surface area contributed by atoms with Crippen molar-refractivity contribution in [1.82, 2.24) is 19.7 Å². The largest absolute Gasteiger partial charge is 0.416 e. The molecule has 10 heteroatoms. The van der Waals surface area contributed by atoms with E-state index >= 15 is 0 Å². The van der Waals surface area contributed by atoms with E-state index in [1.807, 2.05) is 6.07 Å². The maximum Gasteiger partial charge on any atom is 0.416 e. The summed E-state index contributed by atoms with van der Waals surface area (Å²) in [7, 11) is 1.75. The van der Waals surface area contributed by atoms with Gasteiger partial charge in [0, 0.05) is 29.8 Å². The first kappa shape index (κ1) is 22.4. The molecule has 3 heterocycles. The fourth-order valence-electron chi connectivity index (χ4n) is 4.68. The van der Waals surface area contributed by atoms with Crippen LogP contribution in [0.1, 0.15) is 45.9 Å². The molecule has 2 aromatic heterocycles. The highest BCUT2D eigenvalue weighted by Crippen LogP contribution is 2.44. The summed E-state index contributed by atoms with van der Waals surface area (Å²) in [6.07, 6.45) is -1.20. The van der Waals surface area contributed by atoms with Gasteiger partial charge in [0.2, 0.25) is 0 Å². The molecule has 1 aliphatic heterocycles. The quantitative estimate of drug-likeness (QED) is 0.340. The number of pyridine rings is 1. The van der Waals surface area contributed by atoms with E-state index in [4.69, 9.17) is 0 Å². The highest BCUT2D eigenvalue weighted by molar-refractivity contribution is 6.10. The number of carbonyl (C=O) groups is 1. The number of alkyl halides is 3. The number of aromatic nitrogens is 4. The lowest BCUT2D eigenvalue weighted by atomic mass is 9.98. The van der Waals surface area contributed by atoms with Gasteiger partial charge in [0.05, 0.1) is 12.1 Å². The van der Waals surface area contributed by atoms with Crippen molar-refractivity contribution in [1.29, 1.82) is 0 Å². The van der Waals surface area contributed by atoms with E-state index in [-0.39, 0.29) is 29.4 Å². The average molecular weight is 493 g/mol. The van der Waals surface area contributed by atoms with Crippen LogP contribution in [0.3, 0.4) is 0 Å². The van der Waals surface area contributed by atoms with Crippen LogP contribution in [0.4, 0.5) is 23.4 Å². The summed E-state index contributed by atoms with van der Waals surface area (Å²) in [5.41, 5.74) is 1.71. The Morgan fingerprint density at radius 1 is 1.00 bits per heavy atom. The Bertz CT molecular complexity index is 1520. The molecule has 0 saturated heterocycles. The molecule has 36 heavy (non-hydrogen) atoms. The highest BCUT2D eigenvalue weighted by atomic mass is 19.4. The minimum Gasteiger partial charge on any atom is -0.317 e. The summed E-state index contributed by atoms with van der Waals surface area (Å²) in [6.45, 7) is -0.232. The van der Waals surface area contributed by atoms with E-state index in [1.165, 1.54) is 35.5 Å². The molecule has 0 atom stereocenters. The van der Waals surface area contributed by atoms with Crippen molar-refractivity contribution in [3.05, 3.63) is 83.1 Å². The van der Waals surface area contributed by atoms with Gasteiger partial charge in [-0.25, -0.2) is 9.37 Å². The van der Waals surface area contributed by atoms with Crippen molar-refractivity contribution < 1.29 is 22.4 Å². The van der Waals surface area contributed by atoms with Gasteiger partial charge in [-0.05, 0) is 65.9 Å². The molecule has 2 aliphatic rings. The predicted molar refractivity (Wildman–Crippen MR) is 124 cm³/mol. The van der Waals surface area contributed by atoms with Crippen LogP contribution < -0.4 is 4.90 Å². The number of halogens is 4. The van der Waals surface area contributed by atoms with Gasteiger partial charge in [-0.2, -0.15) is 13.2 Å². The lowest BCUT2D eigenvalue weighted by molar-refractivity contribution is -0.138. The Hall–Kier alpha value is -4.08. The van der Waals surface area contributed by atoms with Gasteiger partial charge in [0.1, 0.15) is 18.0 Å². The van der Waals surface area contributed by atoms with Crippen LogP contribution in [-0.2, 0) is 19.8 Å². The number of fused-ring (bicyclic) bond motifs is 1. The third-order valence-corrected chi connectivity index (χ3v) is 6.62. The van der Waals surface area contributed by atoms with E-state index in [1.54, 1.807) is 23.7 Å². The maximum absolute atomic E-state index is 14.3. The summed E-state index contributed by atoms with van der Waals surface area (Å²) >= 11 is 0. The standard InChI is InChI=1S/C26H19F4N5O/c1-34-13-31-33-24(34)19-11-16(27)7-8-17(19)15-9-22(14-5-6-14)32-23(10-15)35-12-20-18(25(35)36)3-2-4-21(20)26(28,29)30/h2-4,7-11,13-14H,5-6,12H2,1H3. The molecule has 0 unspecified atom stereocenters. The minimum absolute atomic E-state index is 0.0200. The Kier molecular flexibility index (Phi) is 4.96. The van der Waals surface area contributed by atoms with Crippen LogP contribution in [0.25, 0.3) is 22.5 Å². The van der Waals surface area contributed by atoms with E-state index < -0.39 is 23.5 Å². The molecule has 182 valence electrons. The number of benzene rings is 2. The van der Waals surface area contributed by atoms with Gasteiger partial charge < -0.3 is 4.57 Å². The van der Waals surface area contributed by atoms with Crippen molar-refractivity contribution in [2.24, 2.45) is 7.05 Å². The molecule has 1 saturated carbocycles. The molecular weight excluding hydrogens is 474 g/mol. The molecular formula is C26H19F4N5O. The Labute approximate surface area is 203 Å². The third kappa shape index (κ3) is 3.73. The third-order valence-electron chi connectivity index (χ3n) is 6.62. The molecule has 0 N–H and O–H groups in total. The van der Waals surface area contributed by atoms with E-state index in [2.05, 4.69) is 15.2 Å². The summed E-state index contributed by atoms with van der Waals surface area (Å²) in [6, 6.07) is 11.5. The van der Waals surface area contributed by atoms with E-state index in [0.717, 1.165) is 24.6 Å². The van der Waals surface area contributed by atoms with Crippen LogP contribution in [0, 0.1) is 5.82 Å². The SMILES string of the molecule is Cn1cnnc1-c1cc(F)ccc1-c1cc(C2CC2)nc(N2Cc3c(cccc3C(F)(F)F)C2=O)c1. The number of carbonyl (C=O) groups excluding carboxylic acids is 1. The Morgan fingerprint density at radius 3 is 2.50 bits per heavy atom. The smallest absolute Gasteiger partial charge is 0.317 e. The number of hydrogen-bond acceptors (Lipinski definition) is 4. The number of anilines is 1. The number of nitrogens with zero attached hydrogens (tertiary/aromatic N) is 5. The van der Waals surface area contributed by atoms with Gasteiger partial charge in [-0.15, -0.1) is 10.2 Å². The zero-order valence-corrected chi connectivity index (χ0v) is 19.1. The van der Waals surface area contributed by atoms with Crippen molar-refractivity contribution in [2.45, 2.75) is 31.5 Å². The minimum atomic E-state index is -4.57. The zero-order valence-electron chi connectivity index (χ0n) is 19.1. The first-order valence-electron chi connectivity index (χ1n) is 11.4. The monoisotopic (exact) mass is 493 g/mol. The summed E-state index contributed by atoms with van der Waals surface area (Å²) in [4.78, 5) is 19.2. The lowest BCUT2D eigenvalue weighted by Crippen LogP contribution is -2.24. The normalized spacial score (nSPS) is 15.5. The average Bonchev–Trinajstić information content (AvgIpc) is 3.53. The highest BCUT2D eigenvalue weighted by Gasteiger charge is 2.40. The molecule has 6 nitrogen and oxygen atoms in total. The van der Waals surface area contributed by atoms with Crippen LogP contribution >= 0.6 is 0 Å². The Morgan fingerprint density at radius 2 is 1.81 bits per heavy atom. The van der Waals surface area contributed by atoms with Gasteiger partial charge >= 0.3 is 6.18 Å². The summed E-state index contributed by atoms with van der Waals surface area (Å²) < 4.78 is 56.8. The molecule has 4 aromatic rings. The number of aryl methyl sites for hydroxylation is 1. The number of rotatable bonds is 4. The lowest BCUT2D eigenvalue weighted by Gasteiger charge is -2.19. The van der Waals surface area contributed by atoms with Crippen LogP contribution in [0.5, 0.6) is 0 Å². The molecule has 1 aliphatic carbocycles. The topological polar surface area (TPSA) is 63.9 Å². The van der Waals surface area contributed by atoms with Crippen molar-refractivity contribution in [3.8, 4) is 22.5 Å². The van der Waals surface area contributed by atoms with Crippen molar-refractivity contribution in [2.75, 3.05) is 4.90 Å². The van der Waals surface area contributed by atoms with Crippen LogP contribution in [0.15, 0.2) is 54.9 Å². The van der Waals surface area contributed by atoms with Crippen molar-refractivity contribution >= 4 is 11.7 Å². The fourth-order valence-corrected chi connectivity index (χ4v) is 4.68. The van der Waals surface area contributed by atoms with Gasteiger partial charge in [-0.1, -0.05) is 12.1 Å². The molecule has 6 rings (SSSR count). The second kappa shape index (κ2) is 7.97. The summed E-state index contributed by atoms with van der Waals surface area (Å²) in [5.74, 6) is -0.0612. The van der Waals surface area contributed by atoms with Crippen molar-refractivity contribution in [3.63, 3.8) is 0 Å². The number of amides is 1. The van der Waals surface area contributed by atoms with Gasteiger partial charge in [0.25, 0.3) is 5.91 Å². The molecule has 0 radical (unpaired) electrons. The molecule has 2 aromatic carbocycles. The van der Waals surface area contributed by atoms with Gasteiger partial charge in [0.15, 0.2) is 5.82 Å². The van der Waals surface area contributed by atoms with E-state index in [0.29, 0.717) is 22.5 Å². The Balaban J connectivity index is 1.49. The van der Waals surface area contributed by atoms with Crippen LogP contribution in [-0.4, -0.2) is 25.7 Å². The molecule has 0 spiro atoms. The fraction of sp³-hybridized carbons (Fsp3) is 0.231. The van der Waals surface area contributed by atoms with E-state index in [9.17, 15) is 22.4 Å². The maximum atomic E-state index is 14.3. The molecule has 1 amide bonds. The summed E-state index contributed by atoms with van der Waals surface area (Å²) in [5, 5.41) is 8.01. The second-order valence-electron chi connectivity index (χ2n) is 9.09. The first-order valence-corrected chi connectivity index (χ1v) is 11.4. The first-order chi connectivity index (χ1) is 17.2. The predicted octanol–water partition coefficient (Wildman–Crippen LogP) is 5.74. The molecule has 0 bridgehead atoms. The number of hydrogen-bond donors (Lipinski definition) is 0.